The molecule has 8 nitrogen and oxygen atoms in total. The summed E-state index contributed by atoms with van der Waals surface area (Å²) in [5, 5.41) is 15.5. The van der Waals surface area contributed by atoms with E-state index in [1.807, 2.05) is 6.92 Å². The first kappa shape index (κ1) is 31.5. The van der Waals surface area contributed by atoms with Gasteiger partial charge in [-0.25, -0.2) is 4.79 Å². The molecule has 1 aliphatic rings. The second-order valence-corrected chi connectivity index (χ2v) is 11.7. The molecule has 2 aromatic rings. The standard InChI is InChI=1S/C33H43N3O5/c1-7-9-12-19-34-30(38)29(26-14-11-10-13-24(26)8-2)36(28-20-22(28)3)31(39)27(35-32(40)41-33(4,5)6)21-23-15-17-25(37)18-16-23/h2,10-11,13-18,22,27-29,37H,7,9,12,19-21H2,1,3-6H3,(H,34,38)(H,35,40). The molecule has 41 heavy (non-hydrogen) atoms. The number of phenolic OH excluding ortho intramolecular Hbond substituents is 1. The molecular formula is C33H43N3O5. The van der Waals surface area contributed by atoms with E-state index in [4.69, 9.17) is 11.2 Å². The van der Waals surface area contributed by atoms with Crippen molar-refractivity contribution in [1.29, 1.82) is 0 Å². The van der Waals surface area contributed by atoms with E-state index >= 15 is 0 Å². The van der Waals surface area contributed by atoms with E-state index in [2.05, 4.69) is 23.5 Å². The van der Waals surface area contributed by atoms with E-state index in [1.165, 1.54) is 12.1 Å². The normalized spacial score (nSPS) is 17.5. The van der Waals surface area contributed by atoms with Crippen LogP contribution in [0.15, 0.2) is 48.5 Å². The van der Waals surface area contributed by atoms with Crippen molar-refractivity contribution >= 4 is 17.9 Å². The molecule has 8 heteroatoms. The Bertz CT molecular complexity index is 1240. The van der Waals surface area contributed by atoms with Gasteiger partial charge in [-0.3, -0.25) is 9.59 Å². The number of nitrogens with one attached hydrogen (secondary N) is 2. The van der Waals surface area contributed by atoms with Gasteiger partial charge < -0.3 is 25.4 Å². The minimum atomic E-state index is -1.03. The molecule has 1 fully saturated rings. The number of unbranched alkanes of at least 4 members (excludes halogenated alkanes) is 2. The molecule has 0 aliphatic heterocycles. The lowest BCUT2D eigenvalue weighted by Gasteiger charge is -2.35. The van der Waals surface area contributed by atoms with Gasteiger partial charge in [0.2, 0.25) is 11.8 Å². The molecule has 2 aromatic carbocycles. The number of terminal acetylenes is 1. The summed E-state index contributed by atoms with van der Waals surface area (Å²) < 4.78 is 5.49. The zero-order valence-corrected chi connectivity index (χ0v) is 24.8. The smallest absolute Gasteiger partial charge is 0.408 e. The second-order valence-electron chi connectivity index (χ2n) is 11.7. The fourth-order valence-corrected chi connectivity index (χ4v) is 4.84. The Kier molecular flexibility index (Phi) is 10.8. The van der Waals surface area contributed by atoms with Crippen molar-refractivity contribution < 1.29 is 24.2 Å². The summed E-state index contributed by atoms with van der Waals surface area (Å²) in [4.78, 5) is 42.9. The van der Waals surface area contributed by atoms with E-state index in [-0.39, 0.29) is 30.0 Å². The number of carbonyl (C=O) groups is 3. The Morgan fingerprint density at radius 3 is 2.37 bits per heavy atom. The molecule has 3 rings (SSSR count). The predicted octanol–water partition coefficient (Wildman–Crippen LogP) is 5.09. The van der Waals surface area contributed by atoms with E-state index in [0.717, 1.165) is 31.2 Å². The van der Waals surface area contributed by atoms with Gasteiger partial charge in [0.1, 0.15) is 23.4 Å². The molecule has 4 unspecified atom stereocenters. The monoisotopic (exact) mass is 561 g/mol. The third-order valence-corrected chi connectivity index (χ3v) is 7.06. The second kappa shape index (κ2) is 14.1. The van der Waals surface area contributed by atoms with Crippen LogP contribution in [-0.2, 0) is 20.7 Å². The number of benzene rings is 2. The molecular weight excluding hydrogens is 518 g/mol. The molecule has 1 aliphatic carbocycles. The van der Waals surface area contributed by atoms with Crippen molar-refractivity contribution in [3.8, 4) is 18.1 Å². The highest BCUT2D eigenvalue weighted by atomic mass is 16.6. The molecule has 0 bridgehead atoms. The summed E-state index contributed by atoms with van der Waals surface area (Å²) in [5.41, 5.74) is 1.05. The van der Waals surface area contributed by atoms with Gasteiger partial charge in [-0.1, -0.05) is 62.9 Å². The van der Waals surface area contributed by atoms with Crippen molar-refractivity contribution in [2.45, 2.75) is 90.4 Å². The van der Waals surface area contributed by atoms with Gasteiger partial charge in [0.25, 0.3) is 0 Å². The maximum Gasteiger partial charge on any atom is 0.408 e. The zero-order valence-electron chi connectivity index (χ0n) is 24.8. The maximum absolute atomic E-state index is 14.5. The summed E-state index contributed by atoms with van der Waals surface area (Å²) in [6.45, 7) is 9.85. The van der Waals surface area contributed by atoms with Crippen LogP contribution in [0.5, 0.6) is 5.75 Å². The van der Waals surface area contributed by atoms with Crippen molar-refractivity contribution in [1.82, 2.24) is 15.5 Å². The first-order valence-corrected chi connectivity index (χ1v) is 14.4. The van der Waals surface area contributed by atoms with Crippen LogP contribution in [0, 0.1) is 18.3 Å². The minimum Gasteiger partial charge on any atom is -0.508 e. The van der Waals surface area contributed by atoms with E-state index in [0.29, 0.717) is 17.7 Å². The van der Waals surface area contributed by atoms with Crippen molar-refractivity contribution in [3.63, 3.8) is 0 Å². The van der Waals surface area contributed by atoms with Gasteiger partial charge in [0.05, 0.1) is 0 Å². The topological polar surface area (TPSA) is 108 Å². The highest BCUT2D eigenvalue weighted by Crippen LogP contribution is 2.41. The van der Waals surface area contributed by atoms with Gasteiger partial charge in [-0.05, 0) is 68.9 Å². The van der Waals surface area contributed by atoms with Crippen LogP contribution in [0.3, 0.4) is 0 Å². The average molecular weight is 562 g/mol. The number of nitrogens with zero attached hydrogens (tertiary/aromatic N) is 1. The Morgan fingerprint density at radius 2 is 1.78 bits per heavy atom. The van der Waals surface area contributed by atoms with Crippen molar-refractivity contribution in [3.05, 3.63) is 65.2 Å². The van der Waals surface area contributed by atoms with E-state index in [9.17, 15) is 19.5 Å². The van der Waals surface area contributed by atoms with Gasteiger partial charge in [0.15, 0.2) is 0 Å². The molecule has 0 spiro atoms. The fraction of sp³-hybridized carbons (Fsp3) is 0.485. The third-order valence-electron chi connectivity index (χ3n) is 7.06. The number of ether oxygens (including phenoxy) is 1. The molecule has 3 amide bonds. The molecule has 0 heterocycles. The molecule has 0 radical (unpaired) electrons. The van der Waals surface area contributed by atoms with Crippen LogP contribution in [0.2, 0.25) is 0 Å². The number of phenols is 1. The summed E-state index contributed by atoms with van der Waals surface area (Å²) >= 11 is 0. The number of alkyl carbamates (subject to hydrolysis) is 1. The molecule has 220 valence electrons. The Hall–Kier alpha value is -3.99. The first-order chi connectivity index (χ1) is 19.4. The van der Waals surface area contributed by atoms with Crippen LogP contribution >= 0.6 is 0 Å². The largest absolute Gasteiger partial charge is 0.508 e. The number of aromatic hydroxyl groups is 1. The number of hydrogen-bond donors (Lipinski definition) is 3. The molecule has 3 N–H and O–H groups in total. The fourth-order valence-electron chi connectivity index (χ4n) is 4.84. The first-order valence-electron chi connectivity index (χ1n) is 14.4. The Morgan fingerprint density at radius 1 is 1.12 bits per heavy atom. The SMILES string of the molecule is C#Cc1ccccc1C(C(=O)NCCCCC)N(C(=O)C(Cc1ccc(O)cc1)NC(=O)OC(C)(C)C)C1CC1C. The lowest BCUT2D eigenvalue weighted by Crippen LogP contribution is -2.55. The lowest BCUT2D eigenvalue weighted by atomic mass is 9.96. The quantitative estimate of drug-likeness (QED) is 0.247. The third kappa shape index (κ3) is 9.01. The van der Waals surface area contributed by atoms with E-state index in [1.54, 1.807) is 62.1 Å². The molecule has 1 saturated carbocycles. The maximum atomic E-state index is 14.5. The van der Waals surface area contributed by atoms with Gasteiger partial charge in [-0.2, -0.15) is 0 Å². The zero-order chi connectivity index (χ0) is 30.2. The van der Waals surface area contributed by atoms with E-state index < -0.39 is 29.7 Å². The lowest BCUT2D eigenvalue weighted by molar-refractivity contribution is -0.143. The van der Waals surface area contributed by atoms with Crippen LogP contribution in [-0.4, -0.2) is 52.1 Å². The Labute approximate surface area is 243 Å². The summed E-state index contributed by atoms with van der Waals surface area (Å²) in [6, 6.07) is 11.4. The minimum absolute atomic E-state index is 0.0934. The van der Waals surface area contributed by atoms with Gasteiger partial charge in [0, 0.05) is 24.6 Å². The van der Waals surface area contributed by atoms with Crippen molar-refractivity contribution in [2.75, 3.05) is 6.54 Å². The van der Waals surface area contributed by atoms with Crippen molar-refractivity contribution in [2.24, 2.45) is 5.92 Å². The predicted molar refractivity (Wildman–Crippen MR) is 159 cm³/mol. The summed E-state index contributed by atoms with van der Waals surface area (Å²) in [7, 11) is 0. The molecule has 0 saturated heterocycles. The molecule has 4 atom stereocenters. The highest BCUT2D eigenvalue weighted by Gasteiger charge is 2.48. The number of hydrogen-bond acceptors (Lipinski definition) is 5. The summed E-state index contributed by atoms with van der Waals surface area (Å²) in [5.74, 6) is 2.22. The van der Waals surface area contributed by atoms with Crippen LogP contribution in [0.25, 0.3) is 0 Å². The molecule has 0 aromatic heterocycles. The summed E-state index contributed by atoms with van der Waals surface area (Å²) in [6.07, 6.45) is 8.78. The van der Waals surface area contributed by atoms with Gasteiger partial charge in [-0.15, -0.1) is 6.42 Å². The van der Waals surface area contributed by atoms with Gasteiger partial charge >= 0.3 is 6.09 Å². The Balaban J connectivity index is 2.04. The number of rotatable bonds is 12. The highest BCUT2D eigenvalue weighted by molar-refractivity contribution is 5.93. The van der Waals surface area contributed by atoms with Crippen LogP contribution < -0.4 is 10.6 Å². The number of carbonyl (C=O) groups excluding carboxylic acids is 3. The van der Waals surface area contributed by atoms with Crippen LogP contribution in [0.4, 0.5) is 4.79 Å². The van der Waals surface area contributed by atoms with Crippen LogP contribution in [0.1, 0.15) is 83.0 Å². The number of amides is 3. The average Bonchev–Trinajstić information content (AvgIpc) is 3.64.